The van der Waals surface area contributed by atoms with Crippen molar-refractivity contribution >= 4 is 17.3 Å². The van der Waals surface area contributed by atoms with Crippen LogP contribution in [0.25, 0.3) is 0 Å². The van der Waals surface area contributed by atoms with Crippen LogP contribution in [0, 0.1) is 13.8 Å². The Morgan fingerprint density at radius 1 is 1.03 bits per heavy atom. The smallest absolute Gasteiger partial charge is 0.294 e. The molecule has 172 valence electrons. The van der Waals surface area contributed by atoms with Gasteiger partial charge in [0.05, 0.1) is 6.20 Å². The second-order valence-electron chi connectivity index (χ2n) is 7.93. The molecule has 2 aromatic carbocycles. The zero-order valence-corrected chi connectivity index (χ0v) is 19.2. The highest BCUT2D eigenvalue weighted by molar-refractivity contribution is 5.95. The van der Waals surface area contributed by atoms with Gasteiger partial charge in [-0.1, -0.05) is 29.8 Å². The second-order valence-corrected chi connectivity index (χ2v) is 7.93. The van der Waals surface area contributed by atoms with E-state index in [2.05, 4.69) is 20.7 Å². The van der Waals surface area contributed by atoms with Crippen LogP contribution in [-0.4, -0.2) is 20.7 Å². The zero-order chi connectivity index (χ0) is 24.1. The third kappa shape index (κ3) is 5.29. The van der Waals surface area contributed by atoms with E-state index in [1.165, 1.54) is 10.9 Å². The van der Waals surface area contributed by atoms with Crippen molar-refractivity contribution in [1.82, 2.24) is 20.1 Å². The summed E-state index contributed by atoms with van der Waals surface area (Å²) in [6, 6.07) is 16.4. The Morgan fingerprint density at radius 2 is 1.88 bits per heavy atom. The minimum Gasteiger partial charge on any atom is -0.453 e. The van der Waals surface area contributed by atoms with E-state index in [1.54, 1.807) is 43.7 Å². The molecule has 2 N–H and O–H groups in total. The molecule has 8 nitrogen and oxygen atoms in total. The van der Waals surface area contributed by atoms with Gasteiger partial charge in [-0.25, -0.2) is 4.68 Å². The average molecular weight is 456 g/mol. The highest BCUT2D eigenvalue weighted by Gasteiger charge is 2.15. The van der Waals surface area contributed by atoms with Crippen molar-refractivity contribution in [1.29, 1.82) is 0 Å². The van der Waals surface area contributed by atoms with Gasteiger partial charge >= 0.3 is 0 Å². The van der Waals surface area contributed by atoms with Crippen LogP contribution in [0.15, 0.2) is 78.0 Å². The quantitative estimate of drug-likeness (QED) is 0.432. The molecule has 4 aromatic rings. The van der Waals surface area contributed by atoms with Crippen LogP contribution in [0.4, 0.5) is 11.4 Å². The molecule has 0 spiro atoms. The molecule has 0 unspecified atom stereocenters. The second kappa shape index (κ2) is 9.99. The van der Waals surface area contributed by atoms with Gasteiger partial charge in [-0.05, 0) is 55.3 Å². The van der Waals surface area contributed by atoms with Crippen LogP contribution in [0.2, 0.25) is 0 Å². The standard InChI is InChI=1S/C26H25N5O3/c1-17-9-10-22(18(2)12-17)34-23-16-29-31(3)26(33)24(23)30-21-8-4-7-20(13-21)25(32)28-15-19-6-5-11-27-14-19/h4-14,16,30H,15H2,1-3H3,(H,28,32). The first-order valence-corrected chi connectivity index (χ1v) is 10.8. The molecule has 0 aliphatic heterocycles. The molecule has 0 atom stereocenters. The number of aryl methyl sites for hydroxylation is 3. The first kappa shape index (κ1) is 22.7. The monoisotopic (exact) mass is 455 g/mol. The topological polar surface area (TPSA) is 98.1 Å². The van der Waals surface area contributed by atoms with E-state index in [4.69, 9.17) is 4.74 Å². The Morgan fingerprint density at radius 3 is 2.65 bits per heavy atom. The largest absolute Gasteiger partial charge is 0.453 e. The number of amides is 1. The Labute approximate surface area is 197 Å². The lowest BCUT2D eigenvalue weighted by Gasteiger charge is -2.15. The zero-order valence-electron chi connectivity index (χ0n) is 19.2. The van der Waals surface area contributed by atoms with Gasteiger partial charge in [0.25, 0.3) is 11.5 Å². The van der Waals surface area contributed by atoms with E-state index < -0.39 is 0 Å². The summed E-state index contributed by atoms with van der Waals surface area (Å²) >= 11 is 0. The van der Waals surface area contributed by atoms with Gasteiger partial charge in [-0.15, -0.1) is 0 Å². The third-order valence-corrected chi connectivity index (χ3v) is 5.22. The van der Waals surface area contributed by atoms with Crippen molar-refractivity contribution in [2.75, 3.05) is 5.32 Å². The van der Waals surface area contributed by atoms with Crippen molar-refractivity contribution in [3.05, 3.63) is 106 Å². The van der Waals surface area contributed by atoms with Gasteiger partial charge in [0.1, 0.15) is 5.75 Å². The Bertz CT molecular complexity index is 1380. The number of aromatic nitrogens is 3. The van der Waals surface area contributed by atoms with Crippen LogP contribution in [0.5, 0.6) is 11.5 Å². The number of rotatable bonds is 7. The van der Waals surface area contributed by atoms with Crippen LogP contribution < -0.4 is 20.9 Å². The third-order valence-electron chi connectivity index (χ3n) is 5.22. The molecule has 8 heteroatoms. The lowest BCUT2D eigenvalue weighted by molar-refractivity contribution is 0.0951. The van der Waals surface area contributed by atoms with Crippen molar-refractivity contribution in [3.63, 3.8) is 0 Å². The molecule has 1 amide bonds. The first-order chi connectivity index (χ1) is 16.4. The predicted molar refractivity (Wildman–Crippen MR) is 131 cm³/mol. The molecule has 0 saturated heterocycles. The maximum absolute atomic E-state index is 12.9. The molecule has 0 saturated carbocycles. The molecular weight excluding hydrogens is 430 g/mol. The Kier molecular flexibility index (Phi) is 6.68. The lowest BCUT2D eigenvalue weighted by Crippen LogP contribution is -2.23. The maximum Gasteiger partial charge on any atom is 0.294 e. The molecule has 0 aliphatic rings. The number of benzene rings is 2. The van der Waals surface area contributed by atoms with Crippen molar-refractivity contribution < 1.29 is 9.53 Å². The predicted octanol–water partition coefficient (Wildman–Crippen LogP) is 4.26. The minimum atomic E-state index is -0.353. The summed E-state index contributed by atoms with van der Waals surface area (Å²) in [5, 5.41) is 10.1. The number of hydrogen-bond acceptors (Lipinski definition) is 6. The number of nitrogens with zero attached hydrogens (tertiary/aromatic N) is 3. The van der Waals surface area contributed by atoms with E-state index in [1.807, 2.05) is 44.2 Å². The number of carbonyl (C=O) groups excluding carboxylic acids is 1. The number of pyridine rings is 1. The van der Waals surface area contributed by atoms with E-state index in [0.717, 1.165) is 16.7 Å². The number of carbonyl (C=O) groups is 1. The summed E-state index contributed by atoms with van der Waals surface area (Å²) in [4.78, 5) is 29.6. The molecule has 2 aromatic heterocycles. The first-order valence-electron chi connectivity index (χ1n) is 10.8. The fourth-order valence-electron chi connectivity index (χ4n) is 3.42. The van der Waals surface area contributed by atoms with Crippen LogP contribution in [0.1, 0.15) is 27.0 Å². The fourth-order valence-corrected chi connectivity index (χ4v) is 3.42. The number of hydrogen-bond donors (Lipinski definition) is 2. The summed E-state index contributed by atoms with van der Waals surface area (Å²) in [6.45, 7) is 4.31. The lowest BCUT2D eigenvalue weighted by atomic mass is 10.1. The van der Waals surface area contributed by atoms with Crippen molar-refractivity contribution in [3.8, 4) is 11.5 Å². The van der Waals surface area contributed by atoms with E-state index in [0.29, 0.717) is 29.3 Å². The van der Waals surface area contributed by atoms with E-state index in [-0.39, 0.29) is 17.2 Å². The minimum absolute atomic E-state index is 0.227. The van der Waals surface area contributed by atoms with E-state index in [9.17, 15) is 9.59 Å². The molecule has 34 heavy (non-hydrogen) atoms. The molecule has 2 heterocycles. The molecule has 0 aliphatic carbocycles. The average Bonchev–Trinajstić information content (AvgIpc) is 2.84. The van der Waals surface area contributed by atoms with Crippen LogP contribution >= 0.6 is 0 Å². The summed E-state index contributed by atoms with van der Waals surface area (Å²) in [5.74, 6) is 0.690. The summed E-state index contributed by atoms with van der Waals surface area (Å²) in [6.07, 6.45) is 4.88. The highest BCUT2D eigenvalue weighted by atomic mass is 16.5. The Balaban J connectivity index is 1.57. The number of ether oxygens (including phenoxy) is 1. The molecular formula is C26H25N5O3. The van der Waals surface area contributed by atoms with Crippen LogP contribution in [-0.2, 0) is 13.6 Å². The number of nitrogens with one attached hydrogen (secondary N) is 2. The summed E-state index contributed by atoms with van der Waals surface area (Å²) in [7, 11) is 1.57. The van der Waals surface area contributed by atoms with Gasteiger partial charge in [0.2, 0.25) is 0 Å². The van der Waals surface area contributed by atoms with E-state index >= 15 is 0 Å². The van der Waals surface area contributed by atoms with Gasteiger partial charge in [0.15, 0.2) is 11.4 Å². The molecule has 0 radical (unpaired) electrons. The van der Waals surface area contributed by atoms with Gasteiger partial charge in [-0.2, -0.15) is 5.10 Å². The number of anilines is 2. The van der Waals surface area contributed by atoms with Crippen molar-refractivity contribution in [2.45, 2.75) is 20.4 Å². The molecule has 0 fully saturated rings. The highest BCUT2D eigenvalue weighted by Crippen LogP contribution is 2.30. The normalized spacial score (nSPS) is 10.6. The van der Waals surface area contributed by atoms with Crippen molar-refractivity contribution in [2.24, 2.45) is 7.05 Å². The van der Waals surface area contributed by atoms with Gasteiger partial charge in [-0.3, -0.25) is 14.6 Å². The Hall–Kier alpha value is -4.46. The fraction of sp³-hybridized carbons (Fsp3) is 0.154. The van der Waals surface area contributed by atoms with Crippen LogP contribution in [0.3, 0.4) is 0 Å². The summed E-state index contributed by atoms with van der Waals surface area (Å²) < 4.78 is 7.27. The SMILES string of the molecule is Cc1ccc(Oc2cnn(C)c(=O)c2Nc2cccc(C(=O)NCc3cccnc3)c2)c(C)c1. The van der Waals surface area contributed by atoms with Gasteiger partial charge < -0.3 is 15.4 Å². The van der Waals surface area contributed by atoms with Gasteiger partial charge in [0, 0.05) is 37.2 Å². The summed E-state index contributed by atoms with van der Waals surface area (Å²) in [5.41, 5.74) is 3.86. The maximum atomic E-state index is 12.9. The molecule has 4 rings (SSSR count). The molecule has 0 bridgehead atoms.